The second-order valence-corrected chi connectivity index (χ2v) is 3.08. The normalized spacial score (nSPS) is 8.00. The van der Waals surface area contributed by atoms with Crippen LogP contribution < -0.4 is 9.13 Å². The molecule has 0 amide bonds. The number of nitrogens with zero attached hydrogens (tertiary/aromatic N) is 2. The number of aromatic nitrogens is 2. The van der Waals surface area contributed by atoms with E-state index in [1.165, 1.54) is 0 Å². The van der Waals surface area contributed by atoms with Gasteiger partial charge in [-0.15, -0.1) is 0 Å². The van der Waals surface area contributed by atoms with Gasteiger partial charge in [-0.2, -0.15) is 0 Å². The van der Waals surface area contributed by atoms with Crippen molar-refractivity contribution in [3.8, 4) is 0 Å². The van der Waals surface area contributed by atoms with Crippen molar-refractivity contribution >= 4 is 0 Å². The van der Waals surface area contributed by atoms with Crippen LogP contribution in [0.4, 0.5) is 0 Å². The maximum atomic E-state index is 2.00. The van der Waals surface area contributed by atoms with Crippen LogP contribution in [0.1, 0.15) is 13.8 Å². The van der Waals surface area contributed by atoms with E-state index in [-0.39, 0.29) is 0 Å². The second kappa shape index (κ2) is 9.84. The molecule has 0 aliphatic rings. The Morgan fingerprint density at radius 3 is 0.875 bits per heavy atom. The molecule has 0 spiro atoms. The summed E-state index contributed by atoms with van der Waals surface area (Å²) >= 11 is 0. The van der Waals surface area contributed by atoms with Crippen LogP contribution in [0.3, 0.4) is 0 Å². The molecule has 0 aliphatic carbocycles. The van der Waals surface area contributed by atoms with Crippen molar-refractivity contribution in [2.45, 2.75) is 13.8 Å². The van der Waals surface area contributed by atoms with Crippen LogP contribution in [-0.4, -0.2) is 0 Å². The standard InChI is InChI=1S/2C6H8N.C2H6/c2*1-7-5-3-2-4-6-7;1-2/h2*2-6H,1H3;1-2H3/q2*+1;. The lowest BCUT2D eigenvalue weighted by Gasteiger charge is -1.77. The Kier molecular flexibility index (Phi) is 8.79. The minimum absolute atomic E-state index is 2.00. The summed E-state index contributed by atoms with van der Waals surface area (Å²) < 4.78 is 4.00. The topological polar surface area (TPSA) is 7.76 Å². The van der Waals surface area contributed by atoms with E-state index in [0.717, 1.165) is 0 Å². The first-order valence-corrected chi connectivity index (χ1v) is 5.59. The summed E-state index contributed by atoms with van der Waals surface area (Å²) in [6, 6.07) is 12.0. The monoisotopic (exact) mass is 218 g/mol. The maximum absolute atomic E-state index is 2.00. The van der Waals surface area contributed by atoms with E-state index in [1.54, 1.807) is 0 Å². The van der Waals surface area contributed by atoms with Gasteiger partial charge in [0.1, 0.15) is 14.1 Å². The number of rotatable bonds is 0. The number of pyridine rings is 2. The van der Waals surface area contributed by atoms with E-state index in [0.29, 0.717) is 0 Å². The van der Waals surface area contributed by atoms with Gasteiger partial charge in [-0.1, -0.05) is 26.0 Å². The van der Waals surface area contributed by atoms with Crippen LogP contribution in [-0.2, 0) is 14.1 Å². The minimum atomic E-state index is 2.00. The molecule has 0 atom stereocenters. The van der Waals surface area contributed by atoms with E-state index in [4.69, 9.17) is 0 Å². The molecule has 2 heterocycles. The zero-order valence-corrected chi connectivity index (χ0v) is 10.7. The Morgan fingerprint density at radius 1 is 0.500 bits per heavy atom. The number of aryl methyl sites for hydroxylation is 2. The fraction of sp³-hybridized carbons (Fsp3) is 0.286. The molecule has 0 fully saturated rings. The second-order valence-electron chi connectivity index (χ2n) is 3.08. The average Bonchev–Trinajstić information content (AvgIpc) is 2.34. The summed E-state index contributed by atoms with van der Waals surface area (Å²) in [7, 11) is 4.00. The van der Waals surface area contributed by atoms with Gasteiger partial charge in [-0.3, -0.25) is 0 Å². The van der Waals surface area contributed by atoms with Gasteiger partial charge in [0.05, 0.1) is 0 Å². The van der Waals surface area contributed by atoms with Crippen molar-refractivity contribution in [2.75, 3.05) is 0 Å². The Bertz CT molecular complexity index is 306. The molecule has 2 rings (SSSR count). The van der Waals surface area contributed by atoms with Crippen molar-refractivity contribution in [1.82, 2.24) is 0 Å². The van der Waals surface area contributed by atoms with E-state index >= 15 is 0 Å². The van der Waals surface area contributed by atoms with E-state index < -0.39 is 0 Å². The van der Waals surface area contributed by atoms with Crippen LogP contribution in [0.25, 0.3) is 0 Å². The minimum Gasteiger partial charge on any atom is -0.208 e. The van der Waals surface area contributed by atoms with Crippen LogP contribution in [0, 0.1) is 0 Å². The van der Waals surface area contributed by atoms with Crippen molar-refractivity contribution < 1.29 is 9.13 Å². The van der Waals surface area contributed by atoms with Gasteiger partial charge in [-0.05, 0) is 0 Å². The van der Waals surface area contributed by atoms with Crippen LogP contribution in [0.5, 0.6) is 0 Å². The number of hydrogen-bond acceptors (Lipinski definition) is 0. The van der Waals surface area contributed by atoms with E-state index in [2.05, 4.69) is 0 Å². The molecule has 86 valence electrons. The van der Waals surface area contributed by atoms with Gasteiger partial charge in [0.15, 0.2) is 24.8 Å². The highest BCUT2D eigenvalue weighted by Crippen LogP contribution is 1.72. The molecule has 0 bridgehead atoms. The molecular weight excluding hydrogens is 196 g/mol. The highest BCUT2D eigenvalue weighted by Gasteiger charge is 1.79. The molecule has 0 aromatic carbocycles. The third-order valence-electron chi connectivity index (χ3n) is 1.73. The third-order valence-corrected chi connectivity index (χ3v) is 1.73. The van der Waals surface area contributed by atoms with Crippen molar-refractivity contribution in [1.29, 1.82) is 0 Å². The predicted molar refractivity (Wildman–Crippen MR) is 66.6 cm³/mol. The SMILES string of the molecule is CC.C[n+]1ccccc1.C[n+]1ccccc1. The average molecular weight is 218 g/mol. The van der Waals surface area contributed by atoms with Crippen LogP contribution >= 0.6 is 0 Å². The fourth-order valence-electron chi connectivity index (χ4n) is 0.969. The summed E-state index contributed by atoms with van der Waals surface area (Å²) in [5, 5.41) is 0. The summed E-state index contributed by atoms with van der Waals surface area (Å²) in [6.45, 7) is 4.00. The lowest BCUT2D eigenvalue weighted by atomic mass is 10.5. The Balaban J connectivity index is 0.000000244. The molecule has 2 heteroatoms. The van der Waals surface area contributed by atoms with Crippen molar-refractivity contribution in [3.05, 3.63) is 61.2 Å². The predicted octanol–water partition coefficient (Wildman–Crippen LogP) is 2.05. The molecular formula is C14H22N2+2. The van der Waals surface area contributed by atoms with E-state index in [9.17, 15) is 0 Å². The first kappa shape index (κ1) is 14.3. The van der Waals surface area contributed by atoms with Gasteiger partial charge >= 0.3 is 0 Å². The van der Waals surface area contributed by atoms with Crippen molar-refractivity contribution in [2.24, 2.45) is 14.1 Å². The van der Waals surface area contributed by atoms with Crippen molar-refractivity contribution in [3.63, 3.8) is 0 Å². The largest absolute Gasteiger partial charge is 0.208 e. The van der Waals surface area contributed by atoms with Gasteiger partial charge in [-0.25, -0.2) is 9.13 Å². The molecule has 0 saturated heterocycles. The first-order valence-electron chi connectivity index (χ1n) is 5.59. The van der Waals surface area contributed by atoms with Gasteiger partial charge in [0.25, 0.3) is 0 Å². The molecule has 2 aromatic rings. The highest BCUT2D eigenvalue weighted by atomic mass is 14.9. The third kappa shape index (κ3) is 7.68. The summed E-state index contributed by atoms with van der Waals surface area (Å²) in [6.07, 6.45) is 8.00. The molecule has 0 unspecified atom stereocenters. The lowest BCUT2D eigenvalue weighted by Crippen LogP contribution is -2.25. The van der Waals surface area contributed by atoms with E-state index in [1.807, 2.05) is 98.3 Å². The summed E-state index contributed by atoms with van der Waals surface area (Å²) in [5.41, 5.74) is 0. The van der Waals surface area contributed by atoms with Crippen LogP contribution in [0.15, 0.2) is 61.2 Å². The van der Waals surface area contributed by atoms with Gasteiger partial charge < -0.3 is 0 Å². The maximum Gasteiger partial charge on any atom is 0.168 e. The lowest BCUT2D eigenvalue weighted by molar-refractivity contribution is -0.671. The van der Waals surface area contributed by atoms with Gasteiger partial charge in [0.2, 0.25) is 0 Å². The molecule has 0 radical (unpaired) electrons. The zero-order chi connectivity index (χ0) is 12.2. The Labute approximate surface area is 98.8 Å². The molecule has 0 aliphatic heterocycles. The molecule has 2 aromatic heterocycles. The molecule has 16 heavy (non-hydrogen) atoms. The zero-order valence-electron chi connectivity index (χ0n) is 10.7. The van der Waals surface area contributed by atoms with Crippen LogP contribution in [0.2, 0.25) is 0 Å². The number of hydrogen-bond donors (Lipinski definition) is 0. The van der Waals surface area contributed by atoms with Gasteiger partial charge in [0, 0.05) is 24.3 Å². The molecule has 0 N–H and O–H groups in total. The fourth-order valence-corrected chi connectivity index (χ4v) is 0.969. The Hall–Kier alpha value is -1.70. The summed E-state index contributed by atoms with van der Waals surface area (Å²) in [5.74, 6) is 0. The first-order chi connectivity index (χ1) is 7.79. The smallest absolute Gasteiger partial charge is 0.168 e. The Morgan fingerprint density at radius 2 is 0.750 bits per heavy atom. The summed E-state index contributed by atoms with van der Waals surface area (Å²) in [4.78, 5) is 0. The quantitative estimate of drug-likeness (QED) is 0.598. The molecule has 0 saturated carbocycles. The molecule has 2 nitrogen and oxygen atoms in total. The highest BCUT2D eigenvalue weighted by molar-refractivity contribution is 4.83.